The number of ether oxygens (including phenoxy) is 1. The van der Waals surface area contributed by atoms with E-state index in [2.05, 4.69) is 10.6 Å². The first-order valence-electron chi connectivity index (χ1n) is 8.33. The van der Waals surface area contributed by atoms with Crippen molar-refractivity contribution in [3.8, 4) is 5.75 Å². The van der Waals surface area contributed by atoms with Gasteiger partial charge in [0.05, 0.1) is 7.11 Å². The molecule has 1 aromatic rings. The van der Waals surface area contributed by atoms with Gasteiger partial charge in [0.25, 0.3) is 0 Å². The topological polar surface area (TPSA) is 67.4 Å². The summed E-state index contributed by atoms with van der Waals surface area (Å²) < 4.78 is 5.07. The van der Waals surface area contributed by atoms with E-state index in [1.807, 2.05) is 0 Å². The van der Waals surface area contributed by atoms with Gasteiger partial charge in [0, 0.05) is 24.9 Å². The van der Waals surface area contributed by atoms with Crippen molar-refractivity contribution in [2.24, 2.45) is 5.92 Å². The number of piperidine rings is 1. The molecule has 0 bridgehead atoms. The molecule has 24 heavy (non-hydrogen) atoms. The van der Waals surface area contributed by atoms with Crippen LogP contribution in [0.3, 0.4) is 0 Å². The number of carbonyl (C=O) groups excluding carboxylic acids is 2. The van der Waals surface area contributed by atoms with Crippen LogP contribution in [-0.2, 0) is 4.79 Å². The van der Waals surface area contributed by atoms with Gasteiger partial charge < -0.3 is 15.4 Å². The normalized spacial score (nSPS) is 16.8. The second kappa shape index (κ2) is 11.0. The van der Waals surface area contributed by atoms with Gasteiger partial charge in [-0.3, -0.25) is 9.59 Å². The van der Waals surface area contributed by atoms with E-state index in [1.165, 1.54) is 12.8 Å². The number of carbonyl (C=O) groups is 2. The molecule has 1 aliphatic rings. The first kappa shape index (κ1) is 20.5. The summed E-state index contributed by atoms with van der Waals surface area (Å²) in [5, 5.41) is 6.31. The van der Waals surface area contributed by atoms with E-state index in [4.69, 9.17) is 4.74 Å². The molecule has 1 unspecified atom stereocenters. The van der Waals surface area contributed by atoms with Crippen LogP contribution in [0, 0.1) is 5.92 Å². The summed E-state index contributed by atoms with van der Waals surface area (Å²) in [6.07, 6.45) is 3.73. The lowest BCUT2D eigenvalue weighted by Gasteiger charge is -2.22. The fourth-order valence-electron chi connectivity index (χ4n) is 2.78. The van der Waals surface area contributed by atoms with E-state index in [-0.39, 0.29) is 24.1 Å². The molecule has 0 aromatic heterocycles. The molecular weight excluding hydrogens is 328 g/mol. The van der Waals surface area contributed by atoms with Gasteiger partial charge in [-0.2, -0.15) is 0 Å². The summed E-state index contributed by atoms with van der Waals surface area (Å²) >= 11 is 0. The first-order chi connectivity index (χ1) is 11.2. The fraction of sp³-hybridized carbons (Fsp3) is 0.556. The Kier molecular flexibility index (Phi) is 9.42. The average molecular weight is 355 g/mol. The largest absolute Gasteiger partial charge is 0.497 e. The molecule has 1 heterocycles. The van der Waals surface area contributed by atoms with Gasteiger partial charge in [-0.15, -0.1) is 12.4 Å². The van der Waals surface area contributed by atoms with Crippen molar-refractivity contribution in [1.82, 2.24) is 10.6 Å². The van der Waals surface area contributed by atoms with E-state index >= 15 is 0 Å². The number of rotatable bonds is 8. The Hall–Kier alpha value is -1.59. The Labute approximate surface area is 149 Å². The Morgan fingerprint density at radius 3 is 2.62 bits per heavy atom. The third-order valence-corrected chi connectivity index (χ3v) is 4.21. The van der Waals surface area contributed by atoms with E-state index < -0.39 is 0 Å². The van der Waals surface area contributed by atoms with Gasteiger partial charge in [0.15, 0.2) is 5.78 Å². The number of methoxy groups -OCH3 is 1. The van der Waals surface area contributed by atoms with Gasteiger partial charge in [-0.25, -0.2) is 0 Å². The van der Waals surface area contributed by atoms with Crippen molar-refractivity contribution in [2.45, 2.75) is 32.1 Å². The van der Waals surface area contributed by atoms with Crippen molar-refractivity contribution in [3.05, 3.63) is 29.8 Å². The van der Waals surface area contributed by atoms with Crippen molar-refractivity contribution < 1.29 is 14.3 Å². The summed E-state index contributed by atoms with van der Waals surface area (Å²) in [4.78, 5) is 23.9. The van der Waals surface area contributed by atoms with Crippen LogP contribution < -0.4 is 15.4 Å². The van der Waals surface area contributed by atoms with E-state index in [0.29, 0.717) is 30.7 Å². The first-order valence-corrected chi connectivity index (χ1v) is 8.33. The molecule has 1 amide bonds. The van der Waals surface area contributed by atoms with Crippen LogP contribution in [0.1, 0.15) is 42.5 Å². The molecular formula is C18H27ClN2O3. The van der Waals surface area contributed by atoms with Crippen molar-refractivity contribution in [2.75, 3.05) is 26.7 Å². The third-order valence-electron chi connectivity index (χ3n) is 4.21. The second-order valence-electron chi connectivity index (χ2n) is 6.02. The molecule has 6 heteroatoms. The Bertz CT molecular complexity index is 514. The number of nitrogens with one attached hydrogen (secondary N) is 2. The predicted molar refractivity (Wildman–Crippen MR) is 97.0 cm³/mol. The number of ketones is 1. The fourth-order valence-corrected chi connectivity index (χ4v) is 2.78. The minimum absolute atomic E-state index is 0. The highest BCUT2D eigenvalue weighted by molar-refractivity contribution is 5.96. The smallest absolute Gasteiger partial charge is 0.220 e. The maximum absolute atomic E-state index is 12.1. The number of Topliss-reactive ketones (excluding diaryl/α,β-unsaturated/α-hetero) is 1. The van der Waals surface area contributed by atoms with Gasteiger partial charge in [-0.05, 0) is 62.5 Å². The number of amides is 1. The number of hydrogen-bond acceptors (Lipinski definition) is 4. The lowest BCUT2D eigenvalue weighted by atomic mass is 9.99. The van der Waals surface area contributed by atoms with Crippen molar-refractivity contribution in [1.29, 1.82) is 0 Å². The van der Waals surface area contributed by atoms with Crippen LogP contribution in [0.25, 0.3) is 0 Å². The molecule has 0 saturated carbocycles. The van der Waals surface area contributed by atoms with Gasteiger partial charge in [-0.1, -0.05) is 0 Å². The van der Waals surface area contributed by atoms with E-state index in [9.17, 15) is 9.59 Å². The van der Waals surface area contributed by atoms with Crippen molar-refractivity contribution in [3.63, 3.8) is 0 Å². The molecule has 1 aromatic carbocycles. The molecule has 1 aliphatic heterocycles. The summed E-state index contributed by atoms with van der Waals surface area (Å²) in [5.41, 5.74) is 0.666. The zero-order valence-electron chi connectivity index (χ0n) is 14.2. The molecule has 2 rings (SSSR count). The molecule has 1 atom stereocenters. The molecule has 1 fully saturated rings. The van der Waals surface area contributed by atoms with Crippen molar-refractivity contribution >= 4 is 24.1 Å². The predicted octanol–water partition coefficient (Wildman–Crippen LogP) is 2.59. The summed E-state index contributed by atoms with van der Waals surface area (Å²) in [7, 11) is 1.60. The average Bonchev–Trinajstić information content (AvgIpc) is 2.61. The minimum Gasteiger partial charge on any atom is -0.497 e. The molecule has 0 aliphatic carbocycles. The van der Waals surface area contributed by atoms with Gasteiger partial charge in [0.2, 0.25) is 5.91 Å². The minimum atomic E-state index is 0. The highest BCUT2D eigenvalue weighted by Gasteiger charge is 2.14. The SMILES string of the molecule is COc1ccc(C(=O)CCCC(=O)NCC2CCCNC2)cc1.Cl. The highest BCUT2D eigenvalue weighted by Crippen LogP contribution is 2.14. The zero-order valence-corrected chi connectivity index (χ0v) is 15.0. The quantitative estimate of drug-likeness (QED) is 0.704. The van der Waals surface area contributed by atoms with Crippen LogP contribution in [0.15, 0.2) is 24.3 Å². The number of hydrogen-bond donors (Lipinski definition) is 2. The molecule has 2 N–H and O–H groups in total. The Balaban J connectivity index is 0.00000288. The Morgan fingerprint density at radius 2 is 2.00 bits per heavy atom. The molecule has 0 radical (unpaired) electrons. The van der Waals surface area contributed by atoms with E-state index in [1.54, 1.807) is 31.4 Å². The lowest BCUT2D eigenvalue weighted by Crippen LogP contribution is -2.38. The van der Waals surface area contributed by atoms with Crippen LogP contribution in [0.2, 0.25) is 0 Å². The molecule has 134 valence electrons. The Morgan fingerprint density at radius 1 is 1.25 bits per heavy atom. The summed E-state index contributed by atoms with van der Waals surface area (Å²) in [5.74, 6) is 1.38. The second-order valence-corrected chi connectivity index (χ2v) is 6.02. The zero-order chi connectivity index (χ0) is 16.5. The highest BCUT2D eigenvalue weighted by atomic mass is 35.5. The van der Waals surface area contributed by atoms with Crippen LogP contribution in [0.4, 0.5) is 0 Å². The molecule has 1 saturated heterocycles. The van der Waals surface area contributed by atoms with Crippen LogP contribution >= 0.6 is 12.4 Å². The van der Waals surface area contributed by atoms with Crippen LogP contribution in [-0.4, -0.2) is 38.4 Å². The number of halogens is 1. The van der Waals surface area contributed by atoms with Gasteiger partial charge >= 0.3 is 0 Å². The number of benzene rings is 1. The standard InChI is InChI=1S/C18H26N2O3.ClH/c1-23-16-9-7-15(8-10-16)17(21)5-2-6-18(22)20-13-14-4-3-11-19-12-14;/h7-10,14,19H,2-6,11-13H2,1H3,(H,20,22);1H. The van der Waals surface area contributed by atoms with Crippen LogP contribution in [0.5, 0.6) is 5.75 Å². The maximum Gasteiger partial charge on any atom is 0.220 e. The molecule has 5 nitrogen and oxygen atoms in total. The molecule has 0 spiro atoms. The summed E-state index contributed by atoms with van der Waals surface area (Å²) in [6.45, 7) is 2.80. The lowest BCUT2D eigenvalue weighted by molar-refractivity contribution is -0.121. The summed E-state index contributed by atoms with van der Waals surface area (Å²) in [6, 6.07) is 7.07. The van der Waals surface area contributed by atoms with Gasteiger partial charge in [0.1, 0.15) is 5.75 Å². The monoisotopic (exact) mass is 354 g/mol. The van der Waals surface area contributed by atoms with E-state index in [0.717, 1.165) is 25.4 Å². The maximum atomic E-state index is 12.1. The third kappa shape index (κ3) is 6.89.